The summed E-state index contributed by atoms with van der Waals surface area (Å²) in [6.07, 6.45) is -2.42. The van der Waals surface area contributed by atoms with E-state index in [4.69, 9.17) is 4.74 Å². The molecule has 0 atom stereocenters. The number of anilines is 2. The van der Waals surface area contributed by atoms with Crippen LogP contribution in [-0.4, -0.2) is 21.6 Å². The van der Waals surface area contributed by atoms with Gasteiger partial charge in [0.15, 0.2) is 5.82 Å². The maximum Gasteiger partial charge on any atom is 0.416 e. The molecule has 0 spiro atoms. The molecule has 164 valence electrons. The van der Waals surface area contributed by atoms with Crippen molar-refractivity contribution < 1.29 is 17.9 Å². The lowest BCUT2D eigenvalue weighted by Crippen LogP contribution is -2.04. The highest BCUT2D eigenvalue weighted by atomic mass is 32.1. The monoisotopic (exact) mass is 456 g/mol. The summed E-state index contributed by atoms with van der Waals surface area (Å²) in [5, 5.41) is 3.87. The molecule has 0 aliphatic carbocycles. The maximum atomic E-state index is 12.8. The Kier molecular flexibility index (Phi) is 6.09. The van der Waals surface area contributed by atoms with Crippen molar-refractivity contribution in [1.82, 2.24) is 15.0 Å². The Labute approximate surface area is 186 Å². The second-order valence-corrected chi connectivity index (χ2v) is 7.94. The van der Waals surface area contributed by atoms with E-state index in [2.05, 4.69) is 26.8 Å². The van der Waals surface area contributed by atoms with Crippen molar-refractivity contribution in [1.29, 1.82) is 0 Å². The van der Waals surface area contributed by atoms with Crippen LogP contribution in [0.15, 0.2) is 61.4 Å². The molecule has 2 aromatic carbocycles. The molecule has 0 aliphatic rings. The number of nitrogens with one attached hydrogen (secondary N) is 1. The van der Waals surface area contributed by atoms with Crippen LogP contribution >= 0.6 is 11.3 Å². The molecule has 2 aromatic heterocycles. The van der Waals surface area contributed by atoms with E-state index in [9.17, 15) is 13.2 Å². The Balaban J connectivity index is 1.60. The molecule has 0 bridgehead atoms. The van der Waals surface area contributed by atoms with Crippen molar-refractivity contribution in [3.05, 3.63) is 83.1 Å². The fourth-order valence-corrected chi connectivity index (χ4v) is 4.13. The topological polar surface area (TPSA) is 59.9 Å². The predicted octanol–water partition coefficient (Wildman–Crippen LogP) is 6.45. The molecular weight excluding hydrogens is 437 g/mol. The molecule has 32 heavy (non-hydrogen) atoms. The van der Waals surface area contributed by atoms with Gasteiger partial charge in [0.2, 0.25) is 0 Å². The van der Waals surface area contributed by atoms with E-state index in [0.29, 0.717) is 40.6 Å². The number of fused-ring (bicyclic) bond motifs is 1. The van der Waals surface area contributed by atoms with Crippen molar-refractivity contribution in [3.8, 4) is 0 Å². The zero-order valence-electron chi connectivity index (χ0n) is 17.1. The van der Waals surface area contributed by atoms with Gasteiger partial charge in [-0.25, -0.2) is 15.0 Å². The van der Waals surface area contributed by atoms with Gasteiger partial charge in [-0.15, -0.1) is 0 Å². The lowest BCUT2D eigenvalue weighted by atomic mass is 10.0. The number of benzene rings is 2. The van der Waals surface area contributed by atoms with E-state index in [1.807, 2.05) is 31.2 Å². The van der Waals surface area contributed by atoms with Gasteiger partial charge < -0.3 is 10.1 Å². The average Bonchev–Trinajstić information content (AvgIpc) is 3.17. The number of ether oxygens (including phenoxy) is 1. The summed E-state index contributed by atoms with van der Waals surface area (Å²) < 4.78 is 44.0. The minimum atomic E-state index is -4.38. The Bertz CT molecular complexity index is 1250. The minimum absolute atomic E-state index is 0.435. The van der Waals surface area contributed by atoms with Gasteiger partial charge in [-0.05, 0) is 36.8 Å². The molecule has 4 aromatic rings. The summed E-state index contributed by atoms with van der Waals surface area (Å²) >= 11 is 1.43. The first-order chi connectivity index (χ1) is 15.3. The normalized spacial score (nSPS) is 11.5. The van der Waals surface area contributed by atoms with Gasteiger partial charge in [0, 0.05) is 17.7 Å². The number of hydrogen-bond donors (Lipinski definition) is 1. The van der Waals surface area contributed by atoms with E-state index < -0.39 is 11.7 Å². The van der Waals surface area contributed by atoms with Gasteiger partial charge in [0.1, 0.15) is 27.4 Å². The van der Waals surface area contributed by atoms with Gasteiger partial charge in [-0.1, -0.05) is 42.2 Å². The number of halogens is 3. The van der Waals surface area contributed by atoms with Crippen LogP contribution < -0.4 is 5.32 Å². The highest BCUT2D eigenvalue weighted by molar-refractivity contribution is 7.18. The fourth-order valence-electron chi connectivity index (χ4n) is 3.20. The largest absolute Gasteiger partial charge is 0.494 e. The number of alkyl halides is 3. The minimum Gasteiger partial charge on any atom is -0.494 e. The van der Waals surface area contributed by atoms with Crippen LogP contribution in [0, 0.1) is 0 Å². The van der Waals surface area contributed by atoms with E-state index in [-0.39, 0.29) is 0 Å². The van der Waals surface area contributed by atoms with Crippen molar-refractivity contribution in [2.45, 2.75) is 19.5 Å². The van der Waals surface area contributed by atoms with Crippen LogP contribution in [0.3, 0.4) is 0 Å². The van der Waals surface area contributed by atoms with Crippen LogP contribution in [0.4, 0.5) is 24.7 Å². The molecule has 0 unspecified atom stereocenters. The molecule has 1 N–H and O–H groups in total. The Morgan fingerprint density at radius 3 is 2.56 bits per heavy atom. The van der Waals surface area contributed by atoms with Crippen LogP contribution in [0.25, 0.3) is 16.1 Å². The van der Waals surface area contributed by atoms with Crippen LogP contribution in [-0.2, 0) is 17.3 Å². The van der Waals surface area contributed by atoms with E-state index >= 15 is 0 Å². The summed E-state index contributed by atoms with van der Waals surface area (Å²) in [4.78, 5) is 13.9. The van der Waals surface area contributed by atoms with Crippen molar-refractivity contribution in [2.75, 3.05) is 11.9 Å². The maximum absolute atomic E-state index is 12.8. The highest BCUT2D eigenvalue weighted by Gasteiger charge is 2.30. The number of aromatic nitrogens is 3. The van der Waals surface area contributed by atoms with Crippen molar-refractivity contribution >= 4 is 38.9 Å². The fraction of sp³-hybridized carbons (Fsp3) is 0.174. The van der Waals surface area contributed by atoms with Crippen molar-refractivity contribution in [3.63, 3.8) is 0 Å². The quantitative estimate of drug-likeness (QED) is 0.324. The Hall–Kier alpha value is -3.46. The van der Waals surface area contributed by atoms with Gasteiger partial charge in [0.25, 0.3) is 0 Å². The SMILES string of the molecule is C=C(OCC)c1ccccc1Cc1nc2c(Nc3ccc(C(F)(F)F)cc3)ncnc2s1. The predicted molar refractivity (Wildman–Crippen MR) is 120 cm³/mol. The molecule has 4 rings (SSSR count). The lowest BCUT2D eigenvalue weighted by molar-refractivity contribution is -0.137. The highest BCUT2D eigenvalue weighted by Crippen LogP contribution is 2.32. The summed E-state index contributed by atoms with van der Waals surface area (Å²) in [5.41, 5.74) is 2.27. The van der Waals surface area contributed by atoms with Crippen LogP contribution in [0.5, 0.6) is 0 Å². The van der Waals surface area contributed by atoms with Crippen LogP contribution in [0.2, 0.25) is 0 Å². The molecule has 0 radical (unpaired) electrons. The molecule has 0 aliphatic heterocycles. The van der Waals surface area contributed by atoms with Gasteiger partial charge in [-0.3, -0.25) is 0 Å². The summed E-state index contributed by atoms with van der Waals surface area (Å²) in [7, 11) is 0. The zero-order chi connectivity index (χ0) is 22.7. The zero-order valence-corrected chi connectivity index (χ0v) is 17.9. The van der Waals surface area contributed by atoms with Gasteiger partial charge in [-0.2, -0.15) is 13.2 Å². The molecule has 5 nitrogen and oxygen atoms in total. The standard InChI is InChI=1S/C23H19F3N4OS/c1-3-31-14(2)18-7-5-4-6-15(18)12-19-30-20-21(27-13-28-22(20)32-19)29-17-10-8-16(9-11-17)23(24,25)26/h4-11,13H,2-3,12H2,1H3,(H,27,28,29). The average molecular weight is 456 g/mol. The number of rotatable bonds is 7. The third-order valence-electron chi connectivity index (χ3n) is 4.69. The molecule has 0 saturated carbocycles. The summed E-state index contributed by atoms with van der Waals surface area (Å²) in [6.45, 7) is 6.44. The molecule has 2 heterocycles. The third kappa shape index (κ3) is 4.72. The third-order valence-corrected chi connectivity index (χ3v) is 5.66. The molecular formula is C23H19F3N4OS. The first-order valence-corrected chi connectivity index (χ1v) is 10.6. The van der Waals surface area contributed by atoms with Gasteiger partial charge in [0.05, 0.1) is 12.2 Å². The molecule has 9 heteroatoms. The first kappa shape index (κ1) is 21.8. The number of thiazole rings is 1. The summed E-state index contributed by atoms with van der Waals surface area (Å²) in [6, 6.07) is 12.6. The molecule has 0 fully saturated rings. The smallest absolute Gasteiger partial charge is 0.416 e. The van der Waals surface area contributed by atoms with E-state index in [1.54, 1.807) is 0 Å². The Morgan fingerprint density at radius 2 is 1.84 bits per heavy atom. The van der Waals surface area contributed by atoms with Gasteiger partial charge >= 0.3 is 6.18 Å². The number of nitrogens with zero attached hydrogens (tertiary/aromatic N) is 3. The summed E-state index contributed by atoms with van der Waals surface area (Å²) in [5.74, 6) is 1.04. The Morgan fingerprint density at radius 1 is 1.09 bits per heavy atom. The van der Waals surface area contributed by atoms with E-state index in [0.717, 1.165) is 28.3 Å². The van der Waals surface area contributed by atoms with E-state index in [1.165, 1.54) is 29.8 Å². The molecule has 0 amide bonds. The molecule has 0 saturated heterocycles. The van der Waals surface area contributed by atoms with Crippen molar-refractivity contribution in [2.24, 2.45) is 0 Å². The first-order valence-electron chi connectivity index (χ1n) is 9.80. The second kappa shape index (κ2) is 8.96. The number of hydrogen-bond acceptors (Lipinski definition) is 6. The van der Waals surface area contributed by atoms with Crippen LogP contribution in [0.1, 0.15) is 28.6 Å². The lowest BCUT2D eigenvalue weighted by Gasteiger charge is -2.11. The second-order valence-electron chi connectivity index (χ2n) is 6.87.